The molecule has 3 nitrogen and oxygen atoms in total. The van der Waals surface area contributed by atoms with Crippen molar-refractivity contribution in [1.82, 2.24) is 4.90 Å². The van der Waals surface area contributed by atoms with Gasteiger partial charge in [-0.3, -0.25) is 4.79 Å². The van der Waals surface area contributed by atoms with E-state index in [4.69, 9.17) is 4.74 Å². The number of hydrogen-bond acceptors (Lipinski definition) is 2. The largest absolute Gasteiger partial charge is 0.370 e. The molecule has 0 aromatic rings. The van der Waals surface area contributed by atoms with Crippen LogP contribution in [0.15, 0.2) is 24.3 Å². The van der Waals surface area contributed by atoms with E-state index in [0.29, 0.717) is 0 Å². The van der Waals surface area contributed by atoms with Crippen molar-refractivity contribution in [2.45, 2.75) is 31.8 Å². The summed E-state index contributed by atoms with van der Waals surface area (Å²) in [5.74, 6) is 0.0392. The number of rotatable bonds is 1. The zero-order valence-corrected chi connectivity index (χ0v) is 9.87. The van der Waals surface area contributed by atoms with Gasteiger partial charge in [0.2, 0.25) is 5.91 Å². The highest BCUT2D eigenvalue weighted by molar-refractivity contribution is 5.87. The van der Waals surface area contributed by atoms with Gasteiger partial charge in [-0.05, 0) is 32.3 Å². The molecule has 0 bridgehead atoms. The van der Waals surface area contributed by atoms with Gasteiger partial charge in [-0.15, -0.1) is 0 Å². The molecule has 1 spiro atoms. The van der Waals surface area contributed by atoms with Crippen LogP contribution in [0.1, 0.15) is 26.2 Å². The molecular formula is C13H19NO2. The summed E-state index contributed by atoms with van der Waals surface area (Å²) in [5.41, 5.74) is 1.31. The normalized spacial score (nSPS) is 24.1. The second-order valence-corrected chi connectivity index (χ2v) is 4.76. The lowest BCUT2D eigenvalue weighted by Gasteiger charge is -2.42. The summed E-state index contributed by atoms with van der Waals surface area (Å²) in [5, 5.41) is 0. The first-order valence-electron chi connectivity index (χ1n) is 5.86. The number of amides is 1. The second kappa shape index (κ2) is 4.42. The molecule has 0 radical (unpaired) electrons. The van der Waals surface area contributed by atoms with Gasteiger partial charge in [-0.1, -0.05) is 18.2 Å². The van der Waals surface area contributed by atoms with Gasteiger partial charge < -0.3 is 9.64 Å². The number of hydrogen-bond donors (Lipinski definition) is 0. The Morgan fingerprint density at radius 2 is 2.25 bits per heavy atom. The Balaban J connectivity index is 1.94. The van der Waals surface area contributed by atoms with Gasteiger partial charge >= 0.3 is 0 Å². The topological polar surface area (TPSA) is 29.5 Å². The minimum atomic E-state index is -0.00252. The maximum Gasteiger partial charge on any atom is 0.245 e. The number of carbonyl (C=O) groups excluding carboxylic acids is 1. The van der Waals surface area contributed by atoms with Crippen molar-refractivity contribution in [2.75, 3.05) is 19.7 Å². The van der Waals surface area contributed by atoms with Crippen molar-refractivity contribution in [3.8, 4) is 0 Å². The van der Waals surface area contributed by atoms with Crippen molar-refractivity contribution in [2.24, 2.45) is 0 Å². The molecule has 1 amide bonds. The lowest BCUT2D eigenvalue weighted by Crippen LogP contribution is -2.48. The first-order valence-corrected chi connectivity index (χ1v) is 5.86. The van der Waals surface area contributed by atoms with Crippen LogP contribution in [0.25, 0.3) is 0 Å². The van der Waals surface area contributed by atoms with E-state index in [1.54, 1.807) is 0 Å². The molecule has 0 unspecified atom stereocenters. The molecule has 2 aliphatic rings. The van der Waals surface area contributed by atoms with Crippen LogP contribution in [0.3, 0.4) is 0 Å². The molecular weight excluding hydrogens is 202 g/mol. The molecule has 88 valence electrons. The van der Waals surface area contributed by atoms with Gasteiger partial charge in [0.05, 0.1) is 12.2 Å². The molecule has 0 atom stereocenters. The lowest BCUT2D eigenvalue weighted by molar-refractivity contribution is -0.133. The quantitative estimate of drug-likeness (QED) is 0.500. The summed E-state index contributed by atoms with van der Waals surface area (Å²) in [6, 6.07) is 0. The van der Waals surface area contributed by atoms with Crippen molar-refractivity contribution in [1.29, 1.82) is 0 Å². The van der Waals surface area contributed by atoms with Crippen molar-refractivity contribution in [3.05, 3.63) is 24.3 Å². The molecule has 0 aliphatic carbocycles. The Kier molecular flexibility index (Phi) is 3.15. The Bertz CT molecular complexity index is 325. The van der Waals surface area contributed by atoms with Gasteiger partial charge in [-0.2, -0.15) is 0 Å². The monoisotopic (exact) mass is 221 g/mol. The summed E-state index contributed by atoms with van der Waals surface area (Å²) in [7, 11) is 0. The highest BCUT2D eigenvalue weighted by atomic mass is 16.5. The average Bonchev–Trinajstić information content (AvgIpc) is 2.33. The molecule has 3 heteroatoms. The van der Waals surface area contributed by atoms with E-state index in [1.807, 2.05) is 4.90 Å². The Morgan fingerprint density at radius 1 is 1.56 bits per heavy atom. The zero-order chi connectivity index (χ0) is 11.6. The molecule has 0 saturated carbocycles. The minimum Gasteiger partial charge on any atom is -0.370 e. The van der Waals surface area contributed by atoms with Gasteiger partial charge in [-0.25, -0.2) is 0 Å². The summed E-state index contributed by atoms with van der Waals surface area (Å²) >= 11 is 0. The van der Waals surface area contributed by atoms with Crippen LogP contribution in [-0.4, -0.2) is 36.1 Å². The number of carbonyl (C=O) groups is 1. The highest BCUT2D eigenvalue weighted by Gasteiger charge is 2.37. The maximum atomic E-state index is 11.4. The number of likely N-dealkylation sites (tertiary alicyclic amines) is 1. The van der Waals surface area contributed by atoms with E-state index in [-0.39, 0.29) is 11.5 Å². The fourth-order valence-electron chi connectivity index (χ4n) is 2.36. The molecule has 1 fully saturated rings. The van der Waals surface area contributed by atoms with Gasteiger partial charge in [0.15, 0.2) is 0 Å². The van der Waals surface area contributed by atoms with E-state index in [0.717, 1.165) is 39.0 Å². The summed E-state index contributed by atoms with van der Waals surface area (Å²) in [6.45, 7) is 7.94. The van der Waals surface area contributed by atoms with Gasteiger partial charge in [0.1, 0.15) is 0 Å². The van der Waals surface area contributed by atoms with Crippen LogP contribution in [0.5, 0.6) is 0 Å². The third-order valence-electron chi connectivity index (χ3n) is 3.59. The molecule has 0 aromatic carbocycles. The van der Waals surface area contributed by atoms with Crippen LogP contribution in [0.2, 0.25) is 0 Å². The fourth-order valence-corrected chi connectivity index (χ4v) is 2.36. The Labute approximate surface area is 96.8 Å². The standard InChI is InChI=1S/C13H19NO2/c1-3-12(15)14-8-6-13(7-9-14)5-4-11(2)10-16-13/h3-4H,1,5-10H2,2H3. The predicted octanol–water partition coefficient (Wildman–Crippen LogP) is 1.90. The summed E-state index contributed by atoms with van der Waals surface area (Å²) in [4.78, 5) is 13.3. The average molecular weight is 221 g/mol. The lowest BCUT2D eigenvalue weighted by atomic mass is 9.85. The molecule has 16 heavy (non-hydrogen) atoms. The van der Waals surface area contributed by atoms with Crippen LogP contribution in [0, 0.1) is 0 Å². The number of nitrogens with zero attached hydrogens (tertiary/aromatic N) is 1. The summed E-state index contributed by atoms with van der Waals surface area (Å²) < 4.78 is 5.95. The van der Waals surface area contributed by atoms with E-state index in [2.05, 4.69) is 19.6 Å². The third kappa shape index (κ3) is 2.19. The molecule has 2 heterocycles. The number of piperidine rings is 1. The van der Waals surface area contributed by atoms with Crippen LogP contribution >= 0.6 is 0 Å². The van der Waals surface area contributed by atoms with Crippen molar-refractivity contribution in [3.63, 3.8) is 0 Å². The minimum absolute atomic E-state index is 0.00252. The van der Waals surface area contributed by atoms with Crippen LogP contribution in [-0.2, 0) is 9.53 Å². The molecule has 0 N–H and O–H groups in total. The first kappa shape index (κ1) is 11.4. The fraction of sp³-hybridized carbons (Fsp3) is 0.615. The van der Waals surface area contributed by atoms with Crippen LogP contribution in [0.4, 0.5) is 0 Å². The molecule has 0 aromatic heterocycles. The van der Waals surface area contributed by atoms with E-state index in [9.17, 15) is 4.79 Å². The van der Waals surface area contributed by atoms with Gasteiger partial charge in [0.25, 0.3) is 0 Å². The van der Waals surface area contributed by atoms with Crippen molar-refractivity contribution < 1.29 is 9.53 Å². The Morgan fingerprint density at radius 3 is 2.75 bits per heavy atom. The van der Waals surface area contributed by atoms with E-state index in [1.165, 1.54) is 11.6 Å². The third-order valence-corrected chi connectivity index (χ3v) is 3.59. The predicted molar refractivity (Wildman–Crippen MR) is 63.1 cm³/mol. The van der Waals surface area contributed by atoms with Gasteiger partial charge in [0, 0.05) is 13.1 Å². The number of ether oxygens (including phenoxy) is 1. The SMILES string of the molecule is C=CC(=O)N1CCC2(CC=C(C)CO2)CC1. The zero-order valence-electron chi connectivity index (χ0n) is 9.87. The van der Waals surface area contributed by atoms with Crippen LogP contribution < -0.4 is 0 Å². The second-order valence-electron chi connectivity index (χ2n) is 4.76. The first-order chi connectivity index (χ1) is 7.65. The van der Waals surface area contributed by atoms with E-state index >= 15 is 0 Å². The molecule has 2 rings (SSSR count). The maximum absolute atomic E-state index is 11.4. The summed E-state index contributed by atoms with van der Waals surface area (Å²) in [6.07, 6.45) is 6.54. The molecule has 1 saturated heterocycles. The van der Waals surface area contributed by atoms with E-state index < -0.39 is 0 Å². The van der Waals surface area contributed by atoms with Crippen molar-refractivity contribution >= 4 is 5.91 Å². The highest BCUT2D eigenvalue weighted by Crippen LogP contribution is 2.33. The smallest absolute Gasteiger partial charge is 0.245 e. The Hall–Kier alpha value is -1.09. The molecule has 2 aliphatic heterocycles.